The number of aryl methyl sites for hydroxylation is 3. The molecule has 2 unspecified atom stereocenters. The zero-order valence-corrected chi connectivity index (χ0v) is 13.1. The summed E-state index contributed by atoms with van der Waals surface area (Å²) in [6.07, 6.45) is 5.89. The third kappa shape index (κ3) is 2.49. The maximum absolute atomic E-state index is 12.8. The number of Topliss-reactive ketones (excluding diaryl/α,β-unsaturated/α-hetero) is 1. The molecule has 22 heavy (non-hydrogen) atoms. The standard InChI is InChI=1S/C21H22O/c1-14-5-4-8-17(11-14)19-13-20(19)21(22)18-10-9-15-6-2-3-7-16(15)12-18/h4-5,8-12,19-20H,2-3,6-7,13H2,1H3. The first-order valence-corrected chi connectivity index (χ1v) is 8.45. The van der Waals surface area contributed by atoms with Crippen LogP contribution < -0.4 is 0 Å². The van der Waals surface area contributed by atoms with Gasteiger partial charge in [-0.2, -0.15) is 0 Å². The van der Waals surface area contributed by atoms with Gasteiger partial charge in [0, 0.05) is 11.5 Å². The fraction of sp³-hybridized carbons (Fsp3) is 0.381. The smallest absolute Gasteiger partial charge is 0.166 e. The molecule has 0 bridgehead atoms. The minimum absolute atomic E-state index is 0.198. The molecule has 2 atom stereocenters. The zero-order valence-electron chi connectivity index (χ0n) is 13.1. The van der Waals surface area contributed by atoms with Gasteiger partial charge in [0.1, 0.15) is 0 Å². The number of fused-ring (bicyclic) bond motifs is 1. The highest BCUT2D eigenvalue weighted by atomic mass is 16.1. The molecule has 0 N–H and O–H groups in total. The van der Waals surface area contributed by atoms with E-state index >= 15 is 0 Å². The second-order valence-corrected chi connectivity index (χ2v) is 6.92. The van der Waals surface area contributed by atoms with Gasteiger partial charge in [-0.1, -0.05) is 42.0 Å². The number of carbonyl (C=O) groups is 1. The molecule has 0 saturated heterocycles. The molecule has 0 spiro atoms. The molecular weight excluding hydrogens is 268 g/mol. The van der Waals surface area contributed by atoms with Crippen LogP contribution in [0.2, 0.25) is 0 Å². The van der Waals surface area contributed by atoms with Gasteiger partial charge in [-0.15, -0.1) is 0 Å². The lowest BCUT2D eigenvalue weighted by atomic mass is 9.89. The summed E-state index contributed by atoms with van der Waals surface area (Å²) in [5, 5.41) is 0. The molecule has 0 aromatic heterocycles. The van der Waals surface area contributed by atoms with Crippen molar-refractivity contribution in [1.29, 1.82) is 0 Å². The van der Waals surface area contributed by atoms with E-state index in [1.165, 1.54) is 41.5 Å². The predicted molar refractivity (Wildman–Crippen MR) is 89.4 cm³/mol. The van der Waals surface area contributed by atoms with E-state index < -0.39 is 0 Å². The number of rotatable bonds is 3. The highest BCUT2D eigenvalue weighted by Gasteiger charge is 2.44. The summed E-state index contributed by atoms with van der Waals surface area (Å²) < 4.78 is 0. The van der Waals surface area contributed by atoms with Crippen LogP contribution in [0.5, 0.6) is 0 Å². The molecule has 2 aliphatic carbocycles. The van der Waals surface area contributed by atoms with E-state index in [0.29, 0.717) is 11.7 Å². The van der Waals surface area contributed by atoms with E-state index in [1.807, 2.05) is 0 Å². The fourth-order valence-electron chi connectivity index (χ4n) is 3.85. The number of hydrogen-bond acceptors (Lipinski definition) is 1. The van der Waals surface area contributed by atoms with E-state index in [9.17, 15) is 4.79 Å². The summed E-state index contributed by atoms with van der Waals surface area (Å²) in [7, 11) is 0. The largest absolute Gasteiger partial charge is 0.294 e. The number of benzene rings is 2. The van der Waals surface area contributed by atoms with Gasteiger partial charge < -0.3 is 0 Å². The van der Waals surface area contributed by atoms with Crippen LogP contribution in [0.1, 0.15) is 57.8 Å². The lowest BCUT2D eigenvalue weighted by Gasteiger charge is -2.16. The van der Waals surface area contributed by atoms with E-state index in [2.05, 4.69) is 49.4 Å². The zero-order chi connectivity index (χ0) is 15.1. The van der Waals surface area contributed by atoms with Crippen molar-refractivity contribution >= 4 is 5.78 Å². The SMILES string of the molecule is Cc1cccc(C2CC2C(=O)c2ccc3c(c2)CCCC3)c1. The Balaban J connectivity index is 1.54. The lowest BCUT2D eigenvalue weighted by Crippen LogP contribution is -2.08. The molecule has 1 fully saturated rings. The minimum Gasteiger partial charge on any atom is -0.294 e. The Morgan fingerprint density at radius 3 is 2.64 bits per heavy atom. The second-order valence-electron chi connectivity index (χ2n) is 6.92. The summed E-state index contributed by atoms with van der Waals surface area (Å²) >= 11 is 0. The third-order valence-corrected chi connectivity index (χ3v) is 5.23. The van der Waals surface area contributed by atoms with E-state index in [1.54, 1.807) is 0 Å². The van der Waals surface area contributed by atoms with Crippen LogP contribution in [0, 0.1) is 12.8 Å². The van der Waals surface area contributed by atoms with Crippen LogP contribution in [-0.2, 0) is 12.8 Å². The van der Waals surface area contributed by atoms with E-state index in [4.69, 9.17) is 0 Å². The van der Waals surface area contributed by atoms with Crippen molar-refractivity contribution in [3.05, 3.63) is 70.3 Å². The normalized spacial score (nSPS) is 23.0. The predicted octanol–water partition coefficient (Wildman–Crippen LogP) is 4.86. The monoisotopic (exact) mass is 290 g/mol. The van der Waals surface area contributed by atoms with Gasteiger partial charge in [-0.25, -0.2) is 0 Å². The van der Waals surface area contributed by atoms with Crippen molar-refractivity contribution in [3.8, 4) is 0 Å². The Morgan fingerprint density at radius 2 is 1.82 bits per heavy atom. The fourth-order valence-corrected chi connectivity index (χ4v) is 3.85. The number of hydrogen-bond donors (Lipinski definition) is 0. The topological polar surface area (TPSA) is 17.1 Å². The molecule has 2 aromatic carbocycles. The van der Waals surface area contributed by atoms with Crippen molar-refractivity contribution in [1.82, 2.24) is 0 Å². The molecule has 2 aromatic rings. The molecule has 0 aliphatic heterocycles. The van der Waals surface area contributed by atoms with Crippen LogP contribution in [0.15, 0.2) is 42.5 Å². The molecule has 4 rings (SSSR count). The lowest BCUT2D eigenvalue weighted by molar-refractivity contribution is 0.0965. The number of ketones is 1. The van der Waals surface area contributed by atoms with Crippen LogP contribution in [0.3, 0.4) is 0 Å². The molecule has 1 saturated carbocycles. The molecule has 1 nitrogen and oxygen atoms in total. The first kappa shape index (κ1) is 13.8. The van der Waals surface area contributed by atoms with Crippen LogP contribution in [0.25, 0.3) is 0 Å². The Hall–Kier alpha value is -1.89. The minimum atomic E-state index is 0.198. The van der Waals surface area contributed by atoms with Crippen molar-refractivity contribution in [2.75, 3.05) is 0 Å². The Labute approximate surface area is 132 Å². The maximum Gasteiger partial charge on any atom is 0.166 e. The van der Waals surface area contributed by atoms with Gasteiger partial charge in [-0.05, 0) is 67.7 Å². The van der Waals surface area contributed by atoms with Crippen molar-refractivity contribution in [2.24, 2.45) is 5.92 Å². The first-order chi connectivity index (χ1) is 10.7. The van der Waals surface area contributed by atoms with Crippen LogP contribution in [0.4, 0.5) is 0 Å². The van der Waals surface area contributed by atoms with Crippen molar-refractivity contribution in [2.45, 2.75) is 44.9 Å². The van der Waals surface area contributed by atoms with Gasteiger partial charge in [0.25, 0.3) is 0 Å². The molecule has 0 radical (unpaired) electrons. The summed E-state index contributed by atoms with van der Waals surface area (Å²) in [5.74, 6) is 0.978. The third-order valence-electron chi connectivity index (χ3n) is 5.23. The van der Waals surface area contributed by atoms with Gasteiger partial charge in [0.05, 0.1) is 0 Å². The highest BCUT2D eigenvalue weighted by Crippen LogP contribution is 2.49. The summed E-state index contributed by atoms with van der Waals surface area (Å²) in [6, 6.07) is 15.0. The maximum atomic E-state index is 12.8. The summed E-state index contributed by atoms with van der Waals surface area (Å²) in [6.45, 7) is 2.12. The van der Waals surface area contributed by atoms with E-state index in [0.717, 1.165) is 18.4 Å². The summed E-state index contributed by atoms with van der Waals surface area (Å²) in [5.41, 5.74) is 6.40. The average Bonchev–Trinajstić information content (AvgIpc) is 3.34. The first-order valence-electron chi connectivity index (χ1n) is 8.45. The van der Waals surface area contributed by atoms with Crippen molar-refractivity contribution in [3.63, 3.8) is 0 Å². The second kappa shape index (κ2) is 5.39. The number of carbonyl (C=O) groups excluding carboxylic acids is 1. The van der Waals surface area contributed by atoms with Crippen molar-refractivity contribution < 1.29 is 4.79 Å². The van der Waals surface area contributed by atoms with Gasteiger partial charge in [-0.3, -0.25) is 4.79 Å². The Kier molecular flexibility index (Phi) is 3.37. The van der Waals surface area contributed by atoms with Gasteiger partial charge in [0.15, 0.2) is 5.78 Å². The molecule has 2 aliphatic rings. The highest BCUT2D eigenvalue weighted by molar-refractivity contribution is 6.00. The molecule has 112 valence electrons. The quantitative estimate of drug-likeness (QED) is 0.738. The van der Waals surface area contributed by atoms with E-state index in [-0.39, 0.29) is 5.92 Å². The summed E-state index contributed by atoms with van der Waals surface area (Å²) in [4.78, 5) is 12.8. The molecule has 0 amide bonds. The Morgan fingerprint density at radius 1 is 1.00 bits per heavy atom. The average molecular weight is 290 g/mol. The Bertz CT molecular complexity index is 728. The van der Waals surface area contributed by atoms with Crippen LogP contribution >= 0.6 is 0 Å². The van der Waals surface area contributed by atoms with Gasteiger partial charge in [0.2, 0.25) is 0 Å². The molecular formula is C21H22O. The molecule has 1 heteroatoms. The molecule has 0 heterocycles. The van der Waals surface area contributed by atoms with Crippen LogP contribution in [-0.4, -0.2) is 5.78 Å². The van der Waals surface area contributed by atoms with Gasteiger partial charge >= 0.3 is 0 Å².